The number of hydrogen-bond donors (Lipinski definition) is 1. The number of hydrogen-bond acceptors (Lipinski definition) is 6. The molecule has 2 heterocycles. The van der Waals surface area contributed by atoms with Crippen molar-refractivity contribution in [3.8, 4) is 5.69 Å². The number of aromatic nitrogens is 4. The van der Waals surface area contributed by atoms with Crippen molar-refractivity contribution in [1.82, 2.24) is 25.1 Å². The van der Waals surface area contributed by atoms with Gasteiger partial charge in [-0.25, -0.2) is 0 Å². The molecule has 2 aromatic rings. The van der Waals surface area contributed by atoms with Gasteiger partial charge in [0.25, 0.3) is 5.91 Å². The van der Waals surface area contributed by atoms with Gasteiger partial charge in [-0.3, -0.25) is 4.79 Å². The summed E-state index contributed by atoms with van der Waals surface area (Å²) in [5, 5.41) is 23.3. The van der Waals surface area contributed by atoms with Gasteiger partial charge in [0.05, 0.1) is 11.3 Å². The fraction of sp³-hybridized carbons (Fsp3) is 0.538. The van der Waals surface area contributed by atoms with E-state index in [1.54, 1.807) is 11.9 Å². The maximum atomic E-state index is 12.6. The number of tetrazole rings is 1. The molecule has 0 aromatic carbocycles. The third kappa shape index (κ3) is 2.81. The molecule has 0 bridgehead atoms. The van der Waals surface area contributed by atoms with Crippen molar-refractivity contribution in [2.45, 2.75) is 31.3 Å². The Kier molecular flexibility index (Phi) is 3.73. The molecule has 1 fully saturated rings. The molecule has 0 aliphatic heterocycles. The highest BCUT2D eigenvalue weighted by Gasteiger charge is 2.34. The maximum absolute atomic E-state index is 12.6. The average Bonchev–Trinajstić information content (AvgIpc) is 3.18. The second-order valence-corrected chi connectivity index (χ2v) is 6.40. The molecule has 1 amide bonds. The van der Waals surface area contributed by atoms with E-state index in [0.717, 1.165) is 25.7 Å². The van der Waals surface area contributed by atoms with Gasteiger partial charge in [0, 0.05) is 13.6 Å². The second kappa shape index (κ2) is 5.53. The number of thiophene rings is 1. The zero-order valence-electron chi connectivity index (χ0n) is 11.8. The Balaban J connectivity index is 1.78. The molecular weight excluding hydrogens is 290 g/mol. The van der Waals surface area contributed by atoms with Gasteiger partial charge in [-0.05, 0) is 34.7 Å². The molecular formula is C13H17N5O2S. The monoisotopic (exact) mass is 307 g/mol. The first-order chi connectivity index (χ1) is 10.1. The molecule has 1 aliphatic rings. The second-order valence-electron chi connectivity index (χ2n) is 5.48. The molecule has 0 spiro atoms. The summed E-state index contributed by atoms with van der Waals surface area (Å²) in [6, 6.07) is 1.81. The van der Waals surface area contributed by atoms with Gasteiger partial charge in [0.15, 0.2) is 0 Å². The van der Waals surface area contributed by atoms with E-state index in [9.17, 15) is 9.90 Å². The molecule has 2 aromatic heterocycles. The number of aliphatic hydroxyl groups is 1. The maximum Gasteiger partial charge on any atom is 0.265 e. The zero-order valence-corrected chi connectivity index (χ0v) is 12.6. The highest BCUT2D eigenvalue weighted by molar-refractivity contribution is 7.12. The lowest BCUT2D eigenvalue weighted by Gasteiger charge is -2.28. The first-order valence-corrected chi connectivity index (χ1v) is 7.76. The Hall–Kier alpha value is -1.80. The van der Waals surface area contributed by atoms with Gasteiger partial charge in [-0.2, -0.15) is 4.68 Å². The lowest BCUT2D eigenvalue weighted by Crippen LogP contribution is -2.42. The van der Waals surface area contributed by atoms with Gasteiger partial charge < -0.3 is 10.0 Å². The van der Waals surface area contributed by atoms with E-state index in [4.69, 9.17) is 0 Å². The third-order valence-corrected chi connectivity index (χ3v) is 4.74. The molecule has 0 unspecified atom stereocenters. The molecule has 0 radical (unpaired) electrons. The zero-order chi connectivity index (χ0) is 14.9. The molecule has 21 heavy (non-hydrogen) atoms. The third-order valence-electron chi connectivity index (χ3n) is 3.85. The van der Waals surface area contributed by atoms with Gasteiger partial charge in [0.2, 0.25) is 0 Å². The Bertz CT molecular complexity index is 618. The summed E-state index contributed by atoms with van der Waals surface area (Å²) < 4.78 is 1.47. The molecule has 0 atom stereocenters. The summed E-state index contributed by atoms with van der Waals surface area (Å²) >= 11 is 1.35. The molecule has 0 saturated heterocycles. The van der Waals surface area contributed by atoms with Crippen LogP contribution < -0.4 is 0 Å². The van der Waals surface area contributed by atoms with Crippen molar-refractivity contribution >= 4 is 17.2 Å². The summed E-state index contributed by atoms with van der Waals surface area (Å²) in [5.41, 5.74) is -0.0725. The minimum absolute atomic E-state index is 0.115. The first kappa shape index (κ1) is 14.2. The highest BCUT2D eigenvalue weighted by atomic mass is 32.1. The molecule has 112 valence electrons. The largest absolute Gasteiger partial charge is 0.388 e. The normalized spacial score (nSPS) is 17.0. The topological polar surface area (TPSA) is 84.1 Å². The summed E-state index contributed by atoms with van der Waals surface area (Å²) in [5.74, 6) is -0.115. The SMILES string of the molecule is CN(CC1(O)CCCC1)C(=O)c1sccc1-n1cnnn1. The summed E-state index contributed by atoms with van der Waals surface area (Å²) in [6.45, 7) is 0.360. The van der Waals surface area contributed by atoms with Crippen LogP contribution in [0.4, 0.5) is 0 Å². The number of carbonyl (C=O) groups is 1. The van der Waals surface area contributed by atoms with Crippen LogP contribution in [-0.2, 0) is 0 Å². The molecule has 1 saturated carbocycles. The minimum atomic E-state index is -0.739. The fourth-order valence-corrected chi connectivity index (χ4v) is 3.66. The summed E-state index contributed by atoms with van der Waals surface area (Å²) in [6.07, 6.45) is 5.02. The molecule has 7 nitrogen and oxygen atoms in total. The fourth-order valence-electron chi connectivity index (χ4n) is 2.79. The van der Waals surface area contributed by atoms with Crippen LogP contribution in [0.15, 0.2) is 17.8 Å². The average molecular weight is 307 g/mol. The van der Waals surface area contributed by atoms with Crippen LogP contribution >= 0.6 is 11.3 Å². The quantitative estimate of drug-likeness (QED) is 0.914. The van der Waals surface area contributed by atoms with Gasteiger partial charge in [-0.1, -0.05) is 12.8 Å². The van der Waals surface area contributed by atoms with E-state index in [1.165, 1.54) is 22.3 Å². The molecule has 1 N–H and O–H groups in total. The number of rotatable bonds is 4. The van der Waals surface area contributed by atoms with E-state index >= 15 is 0 Å². The van der Waals surface area contributed by atoms with Crippen LogP contribution in [0.25, 0.3) is 5.69 Å². The number of likely N-dealkylation sites (N-methyl/N-ethyl adjacent to an activating group) is 1. The van der Waals surface area contributed by atoms with Crippen LogP contribution in [0.5, 0.6) is 0 Å². The van der Waals surface area contributed by atoms with Crippen LogP contribution in [0, 0.1) is 0 Å². The lowest BCUT2D eigenvalue weighted by atomic mass is 10.0. The van der Waals surface area contributed by atoms with Crippen LogP contribution in [0.3, 0.4) is 0 Å². The summed E-state index contributed by atoms with van der Waals surface area (Å²) in [4.78, 5) is 14.8. The van der Waals surface area contributed by atoms with Crippen LogP contribution in [0.2, 0.25) is 0 Å². The highest BCUT2D eigenvalue weighted by Crippen LogP contribution is 2.31. The molecule has 1 aliphatic carbocycles. The number of carbonyl (C=O) groups excluding carboxylic acids is 1. The van der Waals surface area contributed by atoms with E-state index in [0.29, 0.717) is 17.1 Å². The molecule has 3 rings (SSSR count). The predicted molar refractivity (Wildman–Crippen MR) is 77.4 cm³/mol. The Labute approximate surface area is 126 Å². The van der Waals surface area contributed by atoms with Crippen LogP contribution in [-0.4, -0.2) is 55.3 Å². The van der Waals surface area contributed by atoms with E-state index in [1.807, 2.05) is 11.4 Å². The Morgan fingerprint density at radius 2 is 2.29 bits per heavy atom. The van der Waals surface area contributed by atoms with E-state index < -0.39 is 5.60 Å². The van der Waals surface area contributed by atoms with Crippen LogP contribution in [0.1, 0.15) is 35.4 Å². The smallest absolute Gasteiger partial charge is 0.265 e. The van der Waals surface area contributed by atoms with Crippen molar-refractivity contribution in [3.05, 3.63) is 22.7 Å². The van der Waals surface area contributed by atoms with E-state index in [2.05, 4.69) is 15.5 Å². The van der Waals surface area contributed by atoms with E-state index in [-0.39, 0.29) is 5.91 Å². The first-order valence-electron chi connectivity index (χ1n) is 6.88. The Morgan fingerprint density at radius 1 is 1.52 bits per heavy atom. The van der Waals surface area contributed by atoms with Crippen molar-refractivity contribution in [2.24, 2.45) is 0 Å². The van der Waals surface area contributed by atoms with Gasteiger partial charge in [-0.15, -0.1) is 16.4 Å². The Morgan fingerprint density at radius 3 is 2.95 bits per heavy atom. The number of nitrogens with zero attached hydrogens (tertiary/aromatic N) is 5. The van der Waals surface area contributed by atoms with Gasteiger partial charge >= 0.3 is 0 Å². The van der Waals surface area contributed by atoms with Crippen molar-refractivity contribution < 1.29 is 9.90 Å². The number of amides is 1. The van der Waals surface area contributed by atoms with Gasteiger partial charge in [0.1, 0.15) is 11.2 Å². The van der Waals surface area contributed by atoms with Crippen molar-refractivity contribution in [1.29, 1.82) is 0 Å². The predicted octanol–water partition coefficient (Wildman–Crippen LogP) is 1.10. The standard InChI is InChI=1S/C13H17N5O2S/c1-17(8-13(20)5-2-3-6-13)12(19)11-10(4-7-21-11)18-9-14-15-16-18/h4,7,9,20H,2-3,5-6,8H2,1H3. The summed E-state index contributed by atoms with van der Waals surface area (Å²) in [7, 11) is 1.72. The van der Waals surface area contributed by atoms with Crippen molar-refractivity contribution in [3.63, 3.8) is 0 Å². The minimum Gasteiger partial charge on any atom is -0.388 e. The lowest BCUT2D eigenvalue weighted by molar-refractivity contribution is 0.0158. The van der Waals surface area contributed by atoms with Crippen molar-refractivity contribution in [2.75, 3.05) is 13.6 Å². The molecule has 8 heteroatoms.